The molecule has 1 aromatic heterocycles. The third kappa shape index (κ3) is 2.56. The van der Waals surface area contributed by atoms with E-state index in [9.17, 15) is 9.59 Å². The van der Waals surface area contributed by atoms with Gasteiger partial charge in [0, 0.05) is 7.11 Å². The topological polar surface area (TPSA) is 102 Å². The second-order valence-electron chi connectivity index (χ2n) is 2.32. The number of rotatable bonds is 4. The summed E-state index contributed by atoms with van der Waals surface area (Å²) < 4.78 is 9.20. The Morgan fingerprint density at radius 2 is 2.43 bits per heavy atom. The van der Waals surface area contributed by atoms with Gasteiger partial charge in [-0.05, 0) is 0 Å². The maximum Gasteiger partial charge on any atom is 0.373 e. The molecule has 14 heavy (non-hydrogen) atoms. The second-order valence-corrected chi connectivity index (χ2v) is 2.32. The molecule has 0 spiro atoms. The Kier molecular flexibility index (Phi) is 3.19. The van der Waals surface area contributed by atoms with E-state index in [4.69, 9.17) is 5.11 Å². The molecule has 1 amide bonds. The molecule has 0 atom stereocenters. The third-order valence-electron chi connectivity index (χ3n) is 1.24. The normalized spacial score (nSPS) is 9.79. The number of anilines is 1. The molecule has 1 rings (SSSR count). The lowest BCUT2D eigenvalue weighted by Gasteiger charge is -1.97. The van der Waals surface area contributed by atoms with Crippen LogP contribution in [0.4, 0.5) is 6.01 Å². The van der Waals surface area contributed by atoms with Gasteiger partial charge >= 0.3 is 12.0 Å². The average Bonchev–Trinajstić information content (AvgIpc) is 2.53. The Labute approximate surface area is 78.7 Å². The Bertz CT molecular complexity index is 346. The van der Waals surface area contributed by atoms with Gasteiger partial charge in [-0.3, -0.25) is 10.1 Å². The summed E-state index contributed by atoms with van der Waals surface area (Å²) in [5, 5.41) is 10.7. The van der Waals surface area contributed by atoms with E-state index in [1.54, 1.807) is 0 Å². The predicted molar refractivity (Wildman–Crippen MR) is 44.0 cm³/mol. The number of carboxylic acids is 1. The van der Waals surface area contributed by atoms with Crippen molar-refractivity contribution in [3.05, 3.63) is 12.0 Å². The molecule has 0 radical (unpaired) electrons. The molecule has 7 nitrogen and oxygen atoms in total. The molecule has 0 saturated heterocycles. The first-order valence-corrected chi connectivity index (χ1v) is 3.61. The van der Waals surface area contributed by atoms with Gasteiger partial charge in [0.05, 0.1) is 6.20 Å². The number of ether oxygens (including phenoxy) is 1. The second kappa shape index (κ2) is 4.38. The molecule has 76 valence electrons. The van der Waals surface area contributed by atoms with Crippen molar-refractivity contribution < 1.29 is 23.8 Å². The van der Waals surface area contributed by atoms with Gasteiger partial charge in [0.1, 0.15) is 6.61 Å². The molecular weight excluding hydrogens is 192 g/mol. The molecule has 0 aliphatic heterocycles. The number of carboxylic acid groups (broad SMARTS) is 1. The molecule has 0 bridgehead atoms. The van der Waals surface area contributed by atoms with Gasteiger partial charge in [-0.15, -0.1) is 0 Å². The number of oxazole rings is 1. The summed E-state index contributed by atoms with van der Waals surface area (Å²) in [5.74, 6) is -2.05. The number of aromatic carboxylic acids is 1. The van der Waals surface area contributed by atoms with Gasteiger partial charge in [0.15, 0.2) is 0 Å². The lowest BCUT2D eigenvalue weighted by molar-refractivity contribution is -0.119. The number of carbonyl (C=O) groups excluding carboxylic acids is 1. The summed E-state index contributed by atoms with van der Waals surface area (Å²) in [6, 6.07) is -0.163. The van der Waals surface area contributed by atoms with Crippen molar-refractivity contribution >= 4 is 17.9 Å². The largest absolute Gasteiger partial charge is 0.475 e. The summed E-state index contributed by atoms with van der Waals surface area (Å²) >= 11 is 0. The Hall–Kier alpha value is -1.89. The summed E-state index contributed by atoms with van der Waals surface area (Å²) in [6.07, 6.45) is 1.00. The number of methoxy groups -OCH3 is 1. The molecule has 0 fully saturated rings. The first-order chi connectivity index (χ1) is 6.63. The van der Waals surface area contributed by atoms with Crippen LogP contribution in [-0.2, 0) is 9.53 Å². The van der Waals surface area contributed by atoms with Crippen LogP contribution in [0.15, 0.2) is 10.6 Å². The van der Waals surface area contributed by atoms with Crippen LogP contribution in [0.2, 0.25) is 0 Å². The maximum atomic E-state index is 10.9. The van der Waals surface area contributed by atoms with Crippen LogP contribution in [0.1, 0.15) is 10.6 Å². The Morgan fingerprint density at radius 3 is 2.93 bits per heavy atom. The number of aromatic nitrogens is 1. The Morgan fingerprint density at radius 1 is 1.71 bits per heavy atom. The minimum atomic E-state index is -1.25. The summed E-state index contributed by atoms with van der Waals surface area (Å²) in [6.45, 7) is -0.148. The van der Waals surface area contributed by atoms with E-state index in [-0.39, 0.29) is 18.4 Å². The molecule has 0 aromatic carbocycles. The molecular formula is C7H8N2O5. The van der Waals surface area contributed by atoms with Gasteiger partial charge in [-0.1, -0.05) is 0 Å². The van der Waals surface area contributed by atoms with Crippen molar-refractivity contribution in [2.24, 2.45) is 0 Å². The van der Waals surface area contributed by atoms with E-state index >= 15 is 0 Å². The molecule has 0 unspecified atom stereocenters. The molecule has 0 aliphatic carbocycles. The summed E-state index contributed by atoms with van der Waals surface area (Å²) in [5.41, 5.74) is 0. The van der Waals surface area contributed by atoms with Crippen LogP contribution in [-0.4, -0.2) is 35.7 Å². The van der Waals surface area contributed by atoms with Crippen LogP contribution in [0.25, 0.3) is 0 Å². The fourth-order valence-corrected chi connectivity index (χ4v) is 0.717. The fourth-order valence-electron chi connectivity index (χ4n) is 0.717. The first kappa shape index (κ1) is 10.2. The quantitative estimate of drug-likeness (QED) is 0.706. The SMILES string of the molecule is COCC(=O)Nc1ncc(C(=O)O)o1. The van der Waals surface area contributed by atoms with Gasteiger partial charge in [-0.2, -0.15) is 0 Å². The van der Waals surface area contributed by atoms with Gasteiger partial charge in [0.25, 0.3) is 5.91 Å². The zero-order valence-electron chi connectivity index (χ0n) is 7.31. The van der Waals surface area contributed by atoms with E-state index in [2.05, 4.69) is 19.5 Å². The highest BCUT2D eigenvalue weighted by Crippen LogP contribution is 2.07. The number of nitrogens with zero attached hydrogens (tertiary/aromatic N) is 1. The van der Waals surface area contributed by atoms with Crippen LogP contribution in [0, 0.1) is 0 Å². The van der Waals surface area contributed by atoms with E-state index < -0.39 is 11.9 Å². The van der Waals surface area contributed by atoms with Crippen molar-refractivity contribution in [3.8, 4) is 0 Å². The van der Waals surface area contributed by atoms with Crippen LogP contribution in [0.3, 0.4) is 0 Å². The summed E-state index contributed by atoms with van der Waals surface area (Å²) in [7, 11) is 1.36. The smallest absolute Gasteiger partial charge is 0.373 e. The van der Waals surface area contributed by atoms with E-state index in [0.717, 1.165) is 6.20 Å². The third-order valence-corrected chi connectivity index (χ3v) is 1.24. The number of amides is 1. The van der Waals surface area contributed by atoms with Crippen molar-refractivity contribution in [1.29, 1.82) is 0 Å². The molecule has 0 saturated carbocycles. The molecule has 0 aliphatic rings. The predicted octanol–water partition coefficient (Wildman–Crippen LogP) is -0.0423. The first-order valence-electron chi connectivity index (χ1n) is 3.61. The number of hydrogen-bond acceptors (Lipinski definition) is 5. The highest BCUT2D eigenvalue weighted by atomic mass is 16.5. The fraction of sp³-hybridized carbons (Fsp3) is 0.286. The van der Waals surface area contributed by atoms with Crippen LogP contribution in [0.5, 0.6) is 0 Å². The summed E-state index contributed by atoms with van der Waals surface area (Å²) in [4.78, 5) is 24.8. The monoisotopic (exact) mass is 200 g/mol. The maximum absolute atomic E-state index is 10.9. The van der Waals surface area contributed by atoms with Crippen molar-refractivity contribution in [2.45, 2.75) is 0 Å². The van der Waals surface area contributed by atoms with Crippen molar-refractivity contribution in [3.63, 3.8) is 0 Å². The van der Waals surface area contributed by atoms with E-state index in [1.165, 1.54) is 7.11 Å². The molecule has 1 heterocycles. The lowest BCUT2D eigenvalue weighted by atomic mass is 10.5. The number of nitrogens with one attached hydrogen (secondary N) is 1. The minimum absolute atomic E-state index is 0.148. The van der Waals surface area contributed by atoms with E-state index in [0.29, 0.717) is 0 Å². The van der Waals surface area contributed by atoms with Gasteiger partial charge in [-0.25, -0.2) is 9.78 Å². The lowest BCUT2D eigenvalue weighted by Crippen LogP contribution is -2.17. The van der Waals surface area contributed by atoms with Crippen molar-refractivity contribution in [2.75, 3.05) is 19.0 Å². The van der Waals surface area contributed by atoms with Crippen LogP contribution >= 0.6 is 0 Å². The standard InChI is InChI=1S/C7H8N2O5/c1-13-3-5(10)9-7-8-2-4(14-7)6(11)12/h2H,3H2,1H3,(H,11,12)(H,8,9,10). The minimum Gasteiger partial charge on any atom is -0.475 e. The average molecular weight is 200 g/mol. The molecule has 2 N–H and O–H groups in total. The van der Waals surface area contributed by atoms with Gasteiger partial charge in [0.2, 0.25) is 5.76 Å². The Balaban J connectivity index is 2.59. The number of hydrogen-bond donors (Lipinski definition) is 2. The van der Waals surface area contributed by atoms with Crippen LogP contribution < -0.4 is 5.32 Å². The van der Waals surface area contributed by atoms with Gasteiger partial charge < -0.3 is 14.3 Å². The molecule has 7 heteroatoms. The molecule has 1 aromatic rings. The highest BCUT2D eigenvalue weighted by Gasteiger charge is 2.12. The number of carbonyl (C=O) groups is 2. The highest BCUT2D eigenvalue weighted by molar-refractivity contribution is 5.90. The zero-order valence-corrected chi connectivity index (χ0v) is 7.31. The van der Waals surface area contributed by atoms with Crippen molar-refractivity contribution in [1.82, 2.24) is 4.98 Å². The van der Waals surface area contributed by atoms with E-state index in [1.807, 2.05) is 0 Å². The zero-order chi connectivity index (χ0) is 10.6.